The molecule has 2 heterocycles. The lowest BCUT2D eigenvalue weighted by molar-refractivity contribution is -0.121. The number of carbonyl (C=O) groups is 2. The van der Waals surface area contributed by atoms with E-state index in [4.69, 9.17) is 0 Å². The van der Waals surface area contributed by atoms with Crippen molar-refractivity contribution in [2.24, 2.45) is 5.92 Å². The number of pyridine rings is 1. The first-order valence-corrected chi connectivity index (χ1v) is 8.84. The molecule has 2 amide bonds. The molecule has 0 spiro atoms. The Morgan fingerprint density at radius 2 is 1.85 bits per heavy atom. The normalized spacial score (nSPS) is 14.9. The van der Waals surface area contributed by atoms with E-state index in [9.17, 15) is 18.4 Å². The van der Waals surface area contributed by atoms with Crippen LogP contribution in [0.25, 0.3) is 0 Å². The molecule has 1 aromatic heterocycles. The number of amides is 2. The predicted octanol–water partition coefficient (Wildman–Crippen LogP) is 3.47. The van der Waals surface area contributed by atoms with Crippen molar-refractivity contribution in [1.29, 1.82) is 0 Å². The molecule has 1 aromatic carbocycles. The smallest absolute Gasteiger partial charge is 0.256 e. The fourth-order valence-corrected chi connectivity index (χ4v) is 3.29. The van der Waals surface area contributed by atoms with Crippen LogP contribution in [0.1, 0.15) is 34.5 Å². The van der Waals surface area contributed by atoms with E-state index < -0.39 is 17.5 Å². The van der Waals surface area contributed by atoms with Crippen molar-refractivity contribution in [1.82, 2.24) is 9.88 Å². The second kappa shape index (κ2) is 7.82. The lowest BCUT2D eigenvalue weighted by atomic mass is 9.95. The van der Waals surface area contributed by atoms with E-state index in [1.807, 2.05) is 19.9 Å². The summed E-state index contributed by atoms with van der Waals surface area (Å²) < 4.78 is 26.8. The largest absolute Gasteiger partial charge is 0.339 e. The first-order valence-electron chi connectivity index (χ1n) is 8.84. The highest BCUT2D eigenvalue weighted by atomic mass is 19.1. The fourth-order valence-electron chi connectivity index (χ4n) is 3.29. The molecule has 0 atom stereocenters. The molecule has 142 valence electrons. The van der Waals surface area contributed by atoms with Crippen LogP contribution in [0.3, 0.4) is 0 Å². The van der Waals surface area contributed by atoms with Gasteiger partial charge in [-0.25, -0.2) is 8.78 Å². The van der Waals surface area contributed by atoms with Gasteiger partial charge in [0.1, 0.15) is 11.6 Å². The van der Waals surface area contributed by atoms with Crippen LogP contribution in [0.2, 0.25) is 0 Å². The number of hydrogen-bond donors (Lipinski definition) is 1. The van der Waals surface area contributed by atoms with E-state index in [-0.39, 0.29) is 17.4 Å². The van der Waals surface area contributed by atoms with Crippen molar-refractivity contribution >= 4 is 17.5 Å². The van der Waals surface area contributed by atoms with Crippen LogP contribution >= 0.6 is 0 Å². The summed E-state index contributed by atoms with van der Waals surface area (Å²) in [5.74, 6) is -2.41. The average molecular weight is 373 g/mol. The molecule has 3 rings (SSSR count). The molecule has 0 bridgehead atoms. The van der Waals surface area contributed by atoms with Gasteiger partial charge in [-0.1, -0.05) is 0 Å². The maximum absolute atomic E-state index is 13.8. The summed E-state index contributed by atoms with van der Waals surface area (Å²) in [4.78, 5) is 30.7. The van der Waals surface area contributed by atoms with Crippen LogP contribution in [0.15, 0.2) is 30.5 Å². The number of hydrogen-bond acceptors (Lipinski definition) is 3. The molecule has 1 aliphatic heterocycles. The van der Waals surface area contributed by atoms with Crippen LogP contribution in [-0.2, 0) is 4.79 Å². The molecular formula is C20H21F2N3O2. The summed E-state index contributed by atoms with van der Waals surface area (Å²) in [5, 5.41) is 2.93. The van der Waals surface area contributed by atoms with Crippen LogP contribution in [0, 0.1) is 31.4 Å². The Bertz CT molecular complexity index is 857. The molecule has 1 saturated heterocycles. The van der Waals surface area contributed by atoms with Crippen LogP contribution < -0.4 is 5.32 Å². The number of likely N-dealkylation sites (tertiary alicyclic amines) is 1. The van der Waals surface area contributed by atoms with E-state index in [1.54, 1.807) is 6.20 Å². The van der Waals surface area contributed by atoms with Crippen molar-refractivity contribution in [3.05, 3.63) is 58.9 Å². The highest BCUT2D eigenvalue weighted by Crippen LogP contribution is 2.24. The van der Waals surface area contributed by atoms with Gasteiger partial charge in [0.2, 0.25) is 5.91 Å². The third-order valence-corrected chi connectivity index (χ3v) is 4.91. The zero-order valence-corrected chi connectivity index (χ0v) is 15.3. The SMILES string of the molecule is Cc1ccnc(C)c1NC(=O)C1CCN(C(=O)c2ccc(F)cc2F)CC1. The standard InChI is InChI=1S/C20H21F2N3O2/c1-12-5-8-23-13(2)18(12)24-19(26)14-6-9-25(10-7-14)20(27)16-4-3-15(21)11-17(16)22/h3-5,8,11,14H,6-7,9-10H2,1-2H3,(H,24,26). The van der Waals surface area contributed by atoms with Crippen LogP contribution in [-0.4, -0.2) is 34.8 Å². The minimum Gasteiger partial charge on any atom is -0.339 e. The quantitative estimate of drug-likeness (QED) is 0.896. The second-order valence-electron chi connectivity index (χ2n) is 6.77. The van der Waals surface area contributed by atoms with Crippen molar-refractivity contribution in [2.75, 3.05) is 18.4 Å². The fraction of sp³-hybridized carbons (Fsp3) is 0.350. The maximum Gasteiger partial charge on any atom is 0.256 e. The Balaban J connectivity index is 1.61. The molecular weight excluding hydrogens is 352 g/mol. The predicted molar refractivity (Wildman–Crippen MR) is 97.3 cm³/mol. The number of halogens is 2. The zero-order valence-electron chi connectivity index (χ0n) is 15.3. The maximum atomic E-state index is 13.8. The number of anilines is 1. The Kier molecular flexibility index (Phi) is 5.48. The van der Waals surface area contributed by atoms with Gasteiger partial charge in [-0.2, -0.15) is 0 Å². The Hall–Kier alpha value is -2.83. The summed E-state index contributed by atoms with van der Waals surface area (Å²) >= 11 is 0. The topological polar surface area (TPSA) is 62.3 Å². The first kappa shape index (κ1) is 18.9. The van der Waals surface area contributed by atoms with Gasteiger partial charge < -0.3 is 10.2 Å². The molecule has 2 aromatic rings. The summed E-state index contributed by atoms with van der Waals surface area (Å²) in [6.07, 6.45) is 2.66. The number of nitrogens with one attached hydrogen (secondary N) is 1. The van der Waals surface area contributed by atoms with Gasteiger partial charge in [-0.05, 0) is 50.5 Å². The molecule has 7 heteroatoms. The van der Waals surface area contributed by atoms with Crippen molar-refractivity contribution < 1.29 is 18.4 Å². The number of benzene rings is 1. The first-order chi connectivity index (χ1) is 12.9. The monoisotopic (exact) mass is 373 g/mol. The van der Waals surface area contributed by atoms with E-state index >= 15 is 0 Å². The zero-order chi connectivity index (χ0) is 19.6. The van der Waals surface area contributed by atoms with Crippen LogP contribution in [0.5, 0.6) is 0 Å². The highest BCUT2D eigenvalue weighted by molar-refractivity contribution is 5.96. The Labute approximate surface area is 156 Å². The summed E-state index contributed by atoms with van der Waals surface area (Å²) in [7, 11) is 0. The number of carbonyl (C=O) groups excluding carboxylic acids is 2. The lowest BCUT2D eigenvalue weighted by Crippen LogP contribution is -2.41. The van der Waals surface area contributed by atoms with Gasteiger partial charge in [0.25, 0.3) is 5.91 Å². The number of aromatic nitrogens is 1. The molecule has 0 unspecified atom stereocenters. The number of piperidine rings is 1. The van der Waals surface area contributed by atoms with Gasteiger partial charge in [-0.3, -0.25) is 14.6 Å². The molecule has 0 saturated carbocycles. The summed E-state index contributed by atoms with van der Waals surface area (Å²) in [5.41, 5.74) is 2.26. The highest BCUT2D eigenvalue weighted by Gasteiger charge is 2.29. The van der Waals surface area contributed by atoms with E-state index in [1.165, 1.54) is 4.90 Å². The molecule has 1 N–H and O–H groups in total. The van der Waals surface area contributed by atoms with Crippen molar-refractivity contribution in [2.45, 2.75) is 26.7 Å². The minimum atomic E-state index is -0.873. The van der Waals surface area contributed by atoms with Crippen molar-refractivity contribution in [3.8, 4) is 0 Å². The lowest BCUT2D eigenvalue weighted by Gasteiger charge is -2.31. The number of nitrogens with zero attached hydrogens (tertiary/aromatic N) is 2. The van der Waals surface area contributed by atoms with Gasteiger partial charge in [0.05, 0.1) is 16.9 Å². The molecule has 5 nitrogen and oxygen atoms in total. The number of rotatable bonds is 3. The molecule has 1 aliphatic rings. The van der Waals surface area contributed by atoms with Crippen LogP contribution in [0.4, 0.5) is 14.5 Å². The molecule has 0 aliphatic carbocycles. The van der Waals surface area contributed by atoms with E-state index in [0.717, 1.165) is 29.1 Å². The Morgan fingerprint density at radius 3 is 2.48 bits per heavy atom. The third-order valence-electron chi connectivity index (χ3n) is 4.91. The van der Waals surface area contributed by atoms with E-state index in [2.05, 4.69) is 10.3 Å². The van der Waals surface area contributed by atoms with E-state index in [0.29, 0.717) is 32.0 Å². The minimum absolute atomic E-state index is 0.103. The Morgan fingerprint density at radius 1 is 1.15 bits per heavy atom. The van der Waals surface area contributed by atoms with Gasteiger partial charge in [0, 0.05) is 31.3 Å². The van der Waals surface area contributed by atoms with Gasteiger partial charge in [0.15, 0.2) is 0 Å². The van der Waals surface area contributed by atoms with Crippen molar-refractivity contribution in [3.63, 3.8) is 0 Å². The van der Waals surface area contributed by atoms with Gasteiger partial charge in [-0.15, -0.1) is 0 Å². The number of aryl methyl sites for hydroxylation is 2. The summed E-state index contributed by atoms with van der Waals surface area (Å²) in [6.45, 7) is 4.43. The average Bonchev–Trinajstić information content (AvgIpc) is 2.64. The molecule has 27 heavy (non-hydrogen) atoms. The summed E-state index contributed by atoms with van der Waals surface area (Å²) in [6, 6.07) is 4.75. The van der Waals surface area contributed by atoms with Gasteiger partial charge >= 0.3 is 0 Å². The second-order valence-corrected chi connectivity index (χ2v) is 6.77. The third kappa shape index (κ3) is 4.13. The molecule has 0 radical (unpaired) electrons. The molecule has 1 fully saturated rings.